The van der Waals surface area contributed by atoms with Crippen LogP contribution in [0.3, 0.4) is 0 Å². The molecule has 158 valence electrons. The van der Waals surface area contributed by atoms with Gasteiger partial charge in [0.05, 0.1) is 13.2 Å². The first-order chi connectivity index (χ1) is 14.2. The molecular formula is C22H32N4O3. The van der Waals surface area contributed by atoms with Crippen molar-refractivity contribution in [3.8, 4) is 11.4 Å². The molecule has 1 atom stereocenters. The van der Waals surface area contributed by atoms with Crippen molar-refractivity contribution >= 4 is 5.91 Å². The van der Waals surface area contributed by atoms with E-state index in [-0.39, 0.29) is 5.91 Å². The zero-order valence-corrected chi connectivity index (χ0v) is 17.5. The van der Waals surface area contributed by atoms with Crippen LogP contribution in [0, 0.1) is 5.92 Å². The third-order valence-corrected chi connectivity index (χ3v) is 5.68. The number of carbonyl (C=O) groups is 1. The first-order valence-electron chi connectivity index (χ1n) is 10.7. The predicted octanol–water partition coefficient (Wildman–Crippen LogP) is 2.92. The van der Waals surface area contributed by atoms with E-state index in [0.717, 1.165) is 44.7 Å². The third kappa shape index (κ3) is 6.11. The number of carbonyl (C=O) groups excluding carboxylic acids is 1. The van der Waals surface area contributed by atoms with E-state index in [4.69, 9.17) is 9.26 Å². The van der Waals surface area contributed by atoms with Gasteiger partial charge in [0.15, 0.2) is 0 Å². The average Bonchev–Trinajstić information content (AvgIpc) is 3.25. The Morgan fingerprint density at radius 1 is 1.17 bits per heavy atom. The van der Waals surface area contributed by atoms with Crippen LogP contribution in [0.1, 0.15) is 39.0 Å². The molecular weight excluding hydrogens is 368 g/mol. The number of ether oxygens (including phenoxy) is 1. The van der Waals surface area contributed by atoms with E-state index < -0.39 is 0 Å². The van der Waals surface area contributed by atoms with Gasteiger partial charge >= 0.3 is 0 Å². The van der Waals surface area contributed by atoms with Crippen LogP contribution in [0.15, 0.2) is 34.9 Å². The van der Waals surface area contributed by atoms with E-state index in [9.17, 15) is 4.79 Å². The van der Waals surface area contributed by atoms with Gasteiger partial charge < -0.3 is 14.6 Å². The van der Waals surface area contributed by atoms with Gasteiger partial charge in [0.1, 0.15) is 0 Å². The summed E-state index contributed by atoms with van der Waals surface area (Å²) in [7, 11) is 0. The molecule has 29 heavy (non-hydrogen) atoms. The van der Waals surface area contributed by atoms with Crippen LogP contribution in [0.25, 0.3) is 11.4 Å². The lowest BCUT2D eigenvalue weighted by atomic mass is 9.92. The maximum atomic E-state index is 12.4. The van der Waals surface area contributed by atoms with Gasteiger partial charge in [0.25, 0.3) is 0 Å². The van der Waals surface area contributed by atoms with Crippen molar-refractivity contribution < 1.29 is 14.1 Å². The van der Waals surface area contributed by atoms with Crippen LogP contribution in [0.5, 0.6) is 0 Å². The molecule has 3 rings (SSSR count). The Bertz CT molecular complexity index is 740. The highest BCUT2D eigenvalue weighted by Gasteiger charge is 2.27. The summed E-state index contributed by atoms with van der Waals surface area (Å²) in [5, 5.41) is 7.14. The number of amides is 1. The number of morpholine rings is 1. The normalized spacial score (nSPS) is 16.1. The lowest BCUT2D eigenvalue weighted by molar-refractivity contribution is -0.121. The highest BCUT2D eigenvalue weighted by Crippen LogP contribution is 2.20. The second-order valence-corrected chi connectivity index (χ2v) is 7.47. The quantitative estimate of drug-likeness (QED) is 0.660. The first kappa shape index (κ1) is 21.5. The molecule has 1 N–H and O–H groups in total. The van der Waals surface area contributed by atoms with Crippen LogP contribution < -0.4 is 5.32 Å². The highest BCUT2D eigenvalue weighted by molar-refractivity contribution is 5.76. The summed E-state index contributed by atoms with van der Waals surface area (Å²) in [6.45, 7) is 8.52. The summed E-state index contributed by atoms with van der Waals surface area (Å²) >= 11 is 0. The van der Waals surface area contributed by atoms with Crippen LogP contribution >= 0.6 is 0 Å². The maximum absolute atomic E-state index is 12.4. The molecule has 2 aromatic rings. The SMILES string of the molecule is CCC(CC)[C@@H](CNC(=O)CCc1nc(-c2ccccc2)no1)N1CCOCC1. The first-order valence-corrected chi connectivity index (χ1v) is 10.7. The van der Waals surface area contributed by atoms with Crippen molar-refractivity contribution in [2.45, 2.75) is 45.6 Å². The summed E-state index contributed by atoms with van der Waals surface area (Å²) in [5.41, 5.74) is 0.908. The van der Waals surface area contributed by atoms with Gasteiger partial charge in [-0.25, -0.2) is 0 Å². The summed E-state index contributed by atoms with van der Waals surface area (Å²) in [6, 6.07) is 10.0. The summed E-state index contributed by atoms with van der Waals surface area (Å²) in [4.78, 5) is 19.3. The number of rotatable bonds is 10. The number of hydrogen-bond acceptors (Lipinski definition) is 6. The highest BCUT2D eigenvalue weighted by atomic mass is 16.5. The van der Waals surface area contributed by atoms with Gasteiger partial charge in [0, 0.05) is 44.1 Å². The Morgan fingerprint density at radius 3 is 2.59 bits per heavy atom. The van der Waals surface area contributed by atoms with Crippen LogP contribution in [-0.4, -0.2) is 59.8 Å². The Hall–Kier alpha value is -2.25. The van der Waals surface area contributed by atoms with E-state index in [2.05, 4.69) is 34.2 Å². The van der Waals surface area contributed by atoms with E-state index in [1.165, 1.54) is 0 Å². The molecule has 0 radical (unpaired) electrons. The number of nitrogens with zero attached hydrogens (tertiary/aromatic N) is 3. The van der Waals surface area contributed by atoms with E-state index in [0.29, 0.717) is 43.1 Å². The van der Waals surface area contributed by atoms with Gasteiger partial charge in [-0.05, 0) is 5.92 Å². The lowest BCUT2D eigenvalue weighted by Crippen LogP contribution is -2.52. The summed E-state index contributed by atoms with van der Waals surface area (Å²) in [6.07, 6.45) is 3.01. The zero-order chi connectivity index (χ0) is 20.5. The zero-order valence-electron chi connectivity index (χ0n) is 17.5. The molecule has 1 aliphatic heterocycles. The van der Waals surface area contributed by atoms with Crippen molar-refractivity contribution in [1.82, 2.24) is 20.4 Å². The van der Waals surface area contributed by atoms with Crippen molar-refractivity contribution in [3.05, 3.63) is 36.2 Å². The van der Waals surface area contributed by atoms with Crippen molar-refractivity contribution in [3.63, 3.8) is 0 Å². The average molecular weight is 401 g/mol. The fourth-order valence-corrected chi connectivity index (χ4v) is 3.92. The van der Waals surface area contributed by atoms with E-state index in [1.807, 2.05) is 30.3 Å². The molecule has 1 fully saturated rings. The van der Waals surface area contributed by atoms with Crippen molar-refractivity contribution in [1.29, 1.82) is 0 Å². The van der Waals surface area contributed by atoms with Crippen LogP contribution in [-0.2, 0) is 16.0 Å². The molecule has 7 heteroatoms. The van der Waals surface area contributed by atoms with Gasteiger partial charge in [-0.15, -0.1) is 0 Å². The smallest absolute Gasteiger partial charge is 0.227 e. The lowest BCUT2D eigenvalue weighted by Gasteiger charge is -2.38. The molecule has 0 bridgehead atoms. The van der Waals surface area contributed by atoms with Crippen LogP contribution in [0.4, 0.5) is 0 Å². The van der Waals surface area contributed by atoms with Crippen molar-refractivity contribution in [2.24, 2.45) is 5.92 Å². The molecule has 1 amide bonds. The largest absolute Gasteiger partial charge is 0.379 e. The van der Waals surface area contributed by atoms with Crippen molar-refractivity contribution in [2.75, 3.05) is 32.8 Å². The molecule has 1 saturated heterocycles. The van der Waals surface area contributed by atoms with E-state index >= 15 is 0 Å². The molecule has 1 aliphatic rings. The topological polar surface area (TPSA) is 80.5 Å². The predicted molar refractivity (Wildman–Crippen MR) is 111 cm³/mol. The van der Waals surface area contributed by atoms with Gasteiger partial charge in [-0.3, -0.25) is 9.69 Å². The Labute approximate surface area is 172 Å². The molecule has 0 aliphatic carbocycles. The fourth-order valence-electron chi connectivity index (χ4n) is 3.92. The summed E-state index contributed by atoms with van der Waals surface area (Å²) in [5.74, 6) is 1.64. The molecule has 7 nitrogen and oxygen atoms in total. The molecule has 0 unspecified atom stereocenters. The Kier molecular flexibility index (Phi) is 8.19. The molecule has 2 heterocycles. The minimum Gasteiger partial charge on any atom is -0.379 e. The minimum atomic E-state index is 0.0219. The standard InChI is InChI=1S/C22H32N4O3/c1-3-17(4-2)19(26-12-14-28-15-13-26)16-23-20(27)10-11-21-24-22(25-29-21)18-8-6-5-7-9-18/h5-9,17,19H,3-4,10-16H2,1-2H3,(H,23,27)/t19-/m1/s1. The number of aryl methyl sites for hydroxylation is 1. The van der Waals surface area contributed by atoms with E-state index in [1.54, 1.807) is 0 Å². The van der Waals surface area contributed by atoms with Crippen LogP contribution in [0.2, 0.25) is 0 Å². The Morgan fingerprint density at radius 2 is 1.90 bits per heavy atom. The fraction of sp³-hybridized carbons (Fsp3) is 0.591. The number of nitrogens with one attached hydrogen (secondary N) is 1. The number of benzene rings is 1. The monoisotopic (exact) mass is 400 g/mol. The molecule has 1 aromatic carbocycles. The number of aromatic nitrogens is 2. The molecule has 1 aromatic heterocycles. The van der Waals surface area contributed by atoms with Gasteiger partial charge in [-0.1, -0.05) is 62.2 Å². The minimum absolute atomic E-state index is 0.0219. The van der Waals surface area contributed by atoms with Gasteiger partial charge in [0.2, 0.25) is 17.6 Å². The number of hydrogen-bond donors (Lipinski definition) is 1. The second kappa shape index (κ2) is 11.1. The Balaban J connectivity index is 1.49. The second-order valence-electron chi connectivity index (χ2n) is 7.47. The van der Waals surface area contributed by atoms with Gasteiger partial charge in [-0.2, -0.15) is 4.98 Å². The molecule has 0 saturated carbocycles. The third-order valence-electron chi connectivity index (χ3n) is 5.68. The maximum Gasteiger partial charge on any atom is 0.227 e. The molecule has 0 spiro atoms. The summed E-state index contributed by atoms with van der Waals surface area (Å²) < 4.78 is 10.8.